The maximum atomic E-state index is 12.8. The first-order valence-electron chi connectivity index (χ1n) is 9.18. The van der Waals surface area contributed by atoms with Crippen LogP contribution in [0.1, 0.15) is 33.3 Å². The van der Waals surface area contributed by atoms with Crippen molar-refractivity contribution in [2.45, 2.75) is 64.2 Å². The molecule has 1 aromatic carbocycles. The van der Waals surface area contributed by atoms with E-state index in [-0.39, 0.29) is 36.9 Å². The molecule has 0 spiro atoms. The van der Waals surface area contributed by atoms with E-state index in [1.54, 1.807) is 4.90 Å². The van der Waals surface area contributed by atoms with Crippen LogP contribution in [0.15, 0.2) is 30.3 Å². The van der Waals surface area contributed by atoms with E-state index in [9.17, 15) is 9.59 Å². The third kappa shape index (κ3) is 4.99. The van der Waals surface area contributed by atoms with Crippen LogP contribution < -0.4 is 0 Å². The van der Waals surface area contributed by atoms with Gasteiger partial charge in [0.2, 0.25) is 0 Å². The van der Waals surface area contributed by atoms with Gasteiger partial charge in [0.1, 0.15) is 24.4 Å². The maximum Gasteiger partial charge on any atom is 0.411 e. The van der Waals surface area contributed by atoms with Gasteiger partial charge in [0.05, 0.1) is 25.3 Å². The second-order valence-electron chi connectivity index (χ2n) is 7.89. The third-order valence-corrected chi connectivity index (χ3v) is 4.50. The van der Waals surface area contributed by atoms with Crippen molar-refractivity contribution in [3.8, 4) is 0 Å². The molecule has 0 unspecified atom stereocenters. The van der Waals surface area contributed by atoms with Crippen LogP contribution in [0.4, 0.5) is 4.79 Å². The van der Waals surface area contributed by atoms with Crippen LogP contribution in [-0.4, -0.2) is 60.1 Å². The van der Waals surface area contributed by atoms with Crippen LogP contribution in [0.3, 0.4) is 0 Å². The van der Waals surface area contributed by atoms with Gasteiger partial charge in [0.15, 0.2) is 0 Å². The van der Waals surface area contributed by atoms with Crippen molar-refractivity contribution >= 4 is 12.1 Å². The number of esters is 1. The van der Waals surface area contributed by atoms with Crippen molar-refractivity contribution in [3.63, 3.8) is 0 Å². The maximum absolute atomic E-state index is 12.8. The SMILES string of the molecule is CC(=O)OC[C@H]1[C@@H]2O[C@@H]2[C@@H](COCc2ccccc2)N1C(=O)OC(C)(C)C. The Labute approximate surface area is 159 Å². The van der Waals surface area contributed by atoms with Gasteiger partial charge in [0.25, 0.3) is 0 Å². The highest BCUT2D eigenvalue weighted by Gasteiger charge is 2.63. The van der Waals surface area contributed by atoms with Crippen molar-refractivity contribution < 1.29 is 28.5 Å². The lowest BCUT2D eigenvalue weighted by Crippen LogP contribution is -2.51. The molecule has 0 radical (unpaired) electrons. The van der Waals surface area contributed by atoms with Crippen molar-refractivity contribution in [1.82, 2.24) is 4.90 Å². The summed E-state index contributed by atoms with van der Waals surface area (Å²) in [7, 11) is 0. The first kappa shape index (κ1) is 19.6. The molecule has 2 heterocycles. The predicted molar refractivity (Wildman–Crippen MR) is 97.0 cm³/mol. The number of fused-ring (bicyclic) bond motifs is 1. The minimum absolute atomic E-state index is 0.0882. The molecular formula is C20H27NO6. The number of epoxide rings is 1. The largest absolute Gasteiger partial charge is 0.464 e. The zero-order chi connectivity index (χ0) is 19.6. The van der Waals surface area contributed by atoms with Gasteiger partial charge in [-0.15, -0.1) is 0 Å². The number of rotatable bonds is 6. The molecule has 0 aliphatic carbocycles. The highest BCUT2D eigenvalue weighted by Crippen LogP contribution is 2.42. The smallest absolute Gasteiger partial charge is 0.411 e. The number of benzene rings is 1. The van der Waals surface area contributed by atoms with Gasteiger partial charge in [0, 0.05) is 6.92 Å². The molecule has 0 aromatic heterocycles. The summed E-state index contributed by atoms with van der Waals surface area (Å²) in [4.78, 5) is 25.6. The molecule has 1 aromatic rings. The Balaban J connectivity index is 1.66. The first-order valence-corrected chi connectivity index (χ1v) is 9.18. The molecule has 4 atom stereocenters. The summed E-state index contributed by atoms with van der Waals surface area (Å²) >= 11 is 0. The number of carbonyl (C=O) groups excluding carboxylic acids is 2. The normalized spacial score (nSPS) is 26.4. The molecule has 2 saturated heterocycles. The topological polar surface area (TPSA) is 77.6 Å². The Morgan fingerprint density at radius 2 is 1.70 bits per heavy atom. The number of hydrogen-bond acceptors (Lipinski definition) is 6. The average molecular weight is 377 g/mol. The monoisotopic (exact) mass is 377 g/mol. The minimum Gasteiger partial charge on any atom is -0.464 e. The molecule has 3 rings (SSSR count). The van der Waals surface area contributed by atoms with Gasteiger partial charge in [-0.25, -0.2) is 4.79 Å². The third-order valence-electron chi connectivity index (χ3n) is 4.50. The fraction of sp³-hybridized carbons (Fsp3) is 0.600. The Morgan fingerprint density at radius 1 is 1.07 bits per heavy atom. The molecule has 2 aliphatic rings. The number of ether oxygens (including phenoxy) is 4. The fourth-order valence-corrected chi connectivity index (χ4v) is 3.33. The number of carbonyl (C=O) groups is 2. The Morgan fingerprint density at radius 3 is 2.30 bits per heavy atom. The van der Waals surface area contributed by atoms with Gasteiger partial charge < -0.3 is 18.9 Å². The molecule has 0 N–H and O–H groups in total. The van der Waals surface area contributed by atoms with Crippen LogP contribution in [0.2, 0.25) is 0 Å². The van der Waals surface area contributed by atoms with Crippen LogP contribution >= 0.6 is 0 Å². The van der Waals surface area contributed by atoms with E-state index >= 15 is 0 Å². The number of hydrogen-bond donors (Lipinski definition) is 0. The summed E-state index contributed by atoms with van der Waals surface area (Å²) in [6.07, 6.45) is -0.709. The van der Waals surface area contributed by atoms with E-state index in [1.165, 1.54) is 6.92 Å². The van der Waals surface area contributed by atoms with Crippen LogP contribution in [0.5, 0.6) is 0 Å². The van der Waals surface area contributed by atoms with Crippen molar-refractivity contribution in [1.29, 1.82) is 0 Å². The summed E-state index contributed by atoms with van der Waals surface area (Å²) < 4.78 is 22.3. The summed E-state index contributed by atoms with van der Waals surface area (Å²) in [5, 5.41) is 0. The molecule has 27 heavy (non-hydrogen) atoms. The van der Waals surface area contributed by atoms with E-state index in [0.29, 0.717) is 13.2 Å². The molecule has 2 aliphatic heterocycles. The summed E-state index contributed by atoms with van der Waals surface area (Å²) in [5.74, 6) is -0.389. The van der Waals surface area contributed by atoms with E-state index in [4.69, 9.17) is 18.9 Å². The molecule has 0 saturated carbocycles. The fourth-order valence-electron chi connectivity index (χ4n) is 3.33. The van der Waals surface area contributed by atoms with E-state index < -0.39 is 11.7 Å². The quantitative estimate of drug-likeness (QED) is 0.560. The van der Waals surface area contributed by atoms with Crippen LogP contribution in [0, 0.1) is 0 Å². The predicted octanol–water partition coefficient (Wildman–Crippen LogP) is 2.52. The first-order chi connectivity index (χ1) is 12.8. The number of nitrogens with zero attached hydrogens (tertiary/aromatic N) is 1. The number of morpholine rings is 1. The minimum atomic E-state index is -0.619. The second kappa shape index (κ2) is 7.86. The molecule has 7 nitrogen and oxygen atoms in total. The number of amides is 1. The summed E-state index contributed by atoms with van der Waals surface area (Å²) in [5.41, 5.74) is 0.440. The van der Waals surface area contributed by atoms with Crippen LogP contribution in [-0.2, 0) is 30.3 Å². The van der Waals surface area contributed by atoms with Crippen LogP contribution in [0.25, 0.3) is 0 Å². The number of likely N-dealkylation sites (tertiary alicyclic amines) is 1. The van der Waals surface area contributed by atoms with Crippen molar-refractivity contribution in [2.24, 2.45) is 0 Å². The molecule has 7 heteroatoms. The van der Waals surface area contributed by atoms with Gasteiger partial charge >= 0.3 is 12.1 Å². The lowest BCUT2D eigenvalue weighted by Gasteiger charge is -2.34. The molecule has 148 valence electrons. The highest BCUT2D eigenvalue weighted by atomic mass is 16.6. The van der Waals surface area contributed by atoms with Gasteiger partial charge in [-0.2, -0.15) is 0 Å². The van der Waals surface area contributed by atoms with E-state index in [1.807, 2.05) is 51.1 Å². The molecule has 0 bridgehead atoms. The Hall–Kier alpha value is -2.12. The zero-order valence-corrected chi connectivity index (χ0v) is 16.2. The van der Waals surface area contributed by atoms with Crippen molar-refractivity contribution in [2.75, 3.05) is 13.2 Å². The van der Waals surface area contributed by atoms with Gasteiger partial charge in [-0.1, -0.05) is 30.3 Å². The molecule has 2 fully saturated rings. The summed E-state index contributed by atoms with van der Waals surface area (Å²) in [6, 6.07) is 9.20. The van der Waals surface area contributed by atoms with Gasteiger partial charge in [-0.05, 0) is 26.3 Å². The molecule has 1 amide bonds. The van der Waals surface area contributed by atoms with E-state index in [2.05, 4.69) is 0 Å². The average Bonchev–Trinajstić information content (AvgIpc) is 3.30. The Kier molecular flexibility index (Phi) is 5.72. The summed E-state index contributed by atoms with van der Waals surface area (Å²) in [6.45, 7) is 7.67. The Bertz CT molecular complexity index is 671. The molecular weight excluding hydrogens is 350 g/mol. The lowest BCUT2D eigenvalue weighted by molar-refractivity contribution is -0.143. The standard InChI is InChI=1S/C20H27NO6/c1-13(22)25-12-16-18-17(26-18)15(21(16)19(23)27-20(2,3)4)11-24-10-14-8-6-5-7-9-14/h5-9,15-18H,10-12H2,1-4H3/t15-,16+,17-,18+/m1/s1. The highest BCUT2D eigenvalue weighted by molar-refractivity contribution is 5.71. The van der Waals surface area contributed by atoms with Crippen molar-refractivity contribution in [3.05, 3.63) is 35.9 Å². The lowest BCUT2D eigenvalue weighted by atomic mass is 10.2. The zero-order valence-electron chi connectivity index (χ0n) is 16.2. The van der Waals surface area contributed by atoms with E-state index in [0.717, 1.165) is 5.56 Å². The second-order valence-corrected chi connectivity index (χ2v) is 7.89. The van der Waals surface area contributed by atoms with Gasteiger partial charge in [-0.3, -0.25) is 9.69 Å².